The van der Waals surface area contributed by atoms with Crippen molar-refractivity contribution in [2.24, 2.45) is 0 Å². The summed E-state index contributed by atoms with van der Waals surface area (Å²) in [5, 5.41) is 0. The summed E-state index contributed by atoms with van der Waals surface area (Å²) in [6.07, 6.45) is 4.61. The predicted octanol–water partition coefficient (Wildman–Crippen LogP) is 3.85. The Kier molecular flexibility index (Phi) is 3.80. The van der Waals surface area contributed by atoms with Gasteiger partial charge in [-0.15, -0.1) is 0 Å². The number of hydrogen-bond acceptors (Lipinski definition) is 4. The first kappa shape index (κ1) is 15.5. The summed E-state index contributed by atoms with van der Waals surface area (Å²) >= 11 is 0. The van der Waals surface area contributed by atoms with Crippen molar-refractivity contribution in [3.8, 4) is 17.2 Å². The minimum absolute atomic E-state index is 0.0377. The number of para-hydroxylation sites is 1. The van der Waals surface area contributed by atoms with Crippen LogP contribution in [0.2, 0.25) is 0 Å². The van der Waals surface area contributed by atoms with Crippen LogP contribution < -0.4 is 14.2 Å². The molecule has 0 atom stereocenters. The van der Waals surface area contributed by atoms with Crippen LogP contribution in [-0.4, -0.2) is 26.6 Å². The fraction of sp³-hybridized carbons (Fsp3) is 0.190. The highest BCUT2D eigenvalue weighted by molar-refractivity contribution is 6.13. The number of carbonyl (C=O) groups is 1. The minimum Gasteiger partial charge on any atom is -0.493 e. The molecule has 0 aromatic heterocycles. The van der Waals surface area contributed by atoms with E-state index in [9.17, 15) is 4.79 Å². The third kappa shape index (κ3) is 2.70. The maximum atomic E-state index is 12.8. The molecule has 0 unspecified atom stereocenters. The van der Waals surface area contributed by atoms with Crippen LogP contribution in [0.25, 0.3) is 6.08 Å². The molecule has 4 nitrogen and oxygen atoms in total. The number of carbonyl (C=O) groups excluding carboxylic acids is 1. The molecule has 0 fully saturated rings. The molecular weight excluding hydrogens is 316 g/mol. The molecule has 4 rings (SSSR count). The maximum Gasteiger partial charge on any atom is 0.189 e. The van der Waals surface area contributed by atoms with Gasteiger partial charge in [-0.3, -0.25) is 4.79 Å². The summed E-state index contributed by atoms with van der Waals surface area (Å²) in [7, 11) is 3.17. The van der Waals surface area contributed by atoms with Crippen molar-refractivity contribution in [1.82, 2.24) is 0 Å². The molecule has 0 N–H and O–H groups in total. The van der Waals surface area contributed by atoms with Crippen LogP contribution in [0, 0.1) is 0 Å². The number of Topliss-reactive ketones (excluding diaryl/α,β-unsaturated/α-hetero) is 1. The van der Waals surface area contributed by atoms with Gasteiger partial charge < -0.3 is 14.2 Å². The second kappa shape index (κ2) is 6.13. The van der Waals surface area contributed by atoms with E-state index in [2.05, 4.69) is 6.08 Å². The van der Waals surface area contributed by atoms with Crippen molar-refractivity contribution in [3.63, 3.8) is 0 Å². The van der Waals surface area contributed by atoms with E-state index in [1.807, 2.05) is 36.4 Å². The fourth-order valence-electron chi connectivity index (χ4n) is 3.29. The van der Waals surface area contributed by atoms with E-state index in [-0.39, 0.29) is 5.78 Å². The first-order chi connectivity index (χ1) is 12.2. The van der Waals surface area contributed by atoms with Crippen LogP contribution in [0.15, 0.2) is 53.6 Å². The Morgan fingerprint density at radius 3 is 2.64 bits per heavy atom. The second-order valence-electron chi connectivity index (χ2n) is 6.09. The maximum absolute atomic E-state index is 12.8. The Labute approximate surface area is 146 Å². The Morgan fingerprint density at radius 2 is 1.84 bits per heavy atom. The highest BCUT2D eigenvalue weighted by atomic mass is 16.5. The van der Waals surface area contributed by atoms with Crippen LogP contribution in [0.1, 0.15) is 21.5 Å². The van der Waals surface area contributed by atoms with E-state index in [4.69, 9.17) is 14.2 Å². The summed E-state index contributed by atoms with van der Waals surface area (Å²) in [5.41, 5.74) is 4.44. The Morgan fingerprint density at radius 1 is 1.08 bits per heavy atom. The Bertz CT molecular complexity index is 921. The van der Waals surface area contributed by atoms with Crippen LogP contribution in [0.5, 0.6) is 17.2 Å². The van der Waals surface area contributed by atoms with Gasteiger partial charge in [0.05, 0.1) is 14.2 Å². The van der Waals surface area contributed by atoms with Crippen molar-refractivity contribution >= 4 is 11.9 Å². The number of methoxy groups -OCH3 is 2. The zero-order chi connectivity index (χ0) is 17.4. The van der Waals surface area contributed by atoms with E-state index in [1.54, 1.807) is 20.3 Å². The average molecular weight is 334 g/mol. The number of rotatable bonds is 3. The molecule has 2 aliphatic rings. The molecule has 0 radical (unpaired) electrons. The third-order valence-corrected chi connectivity index (χ3v) is 4.54. The standard InChI is InChI=1S/C21H18O4/c1-23-19-10-15-9-16(21(22)17(15)11-20(19)24-2)8-13-7-14-5-3-4-6-18(14)25-12-13/h3-8,10-11H,9,12H2,1-2H3/b16-8-. The molecule has 0 saturated heterocycles. The topological polar surface area (TPSA) is 44.8 Å². The smallest absolute Gasteiger partial charge is 0.189 e. The van der Waals surface area contributed by atoms with Gasteiger partial charge in [0.25, 0.3) is 0 Å². The molecular formula is C21H18O4. The molecule has 2 aromatic carbocycles. The SMILES string of the molecule is COc1cc2c(cc1OC)C(=O)/C(=C\C1=Cc3ccccc3OC1)C2. The number of benzene rings is 2. The summed E-state index contributed by atoms with van der Waals surface area (Å²) in [6.45, 7) is 0.469. The minimum atomic E-state index is 0.0377. The Balaban J connectivity index is 1.68. The lowest BCUT2D eigenvalue weighted by Crippen LogP contribution is -2.07. The van der Waals surface area contributed by atoms with E-state index in [1.165, 1.54) is 0 Å². The van der Waals surface area contributed by atoms with Gasteiger partial charge in [0.15, 0.2) is 17.3 Å². The quantitative estimate of drug-likeness (QED) is 0.800. The van der Waals surface area contributed by atoms with Gasteiger partial charge in [0.1, 0.15) is 12.4 Å². The highest BCUT2D eigenvalue weighted by Gasteiger charge is 2.27. The molecule has 0 amide bonds. The van der Waals surface area contributed by atoms with E-state index in [0.717, 1.165) is 28.0 Å². The number of hydrogen-bond donors (Lipinski definition) is 0. The average Bonchev–Trinajstić information content (AvgIpc) is 2.95. The van der Waals surface area contributed by atoms with Gasteiger partial charge in [0.2, 0.25) is 0 Å². The number of fused-ring (bicyclic) bond motifs is 2. The molecule has 2 aromatic rings. The largest absolute Gasteiger partial charge is 0.493 e. The molecule has 4 heteroatoms. The fourth-order valence-corrected chi connectivity index (χ4v) is 3.29. The zero-order valence-electron chi connectivity index (χ0n) is 14.2. The number of allylic oxidation sites excluding steroid dienone is 1. The van der Waals surface area contributed by atoms with Crippen LogP contribution >= 0.6 is 0 Å². The van der Waals surface area contributed by atoms with Gasteiger partial charge >= 0.3 is 0 Å². The van der Waals surface area contributed by atoms with E-state index < -0.39 is 0 Å². The zero-order valence-corrected chi connectivity index (χ0v) is 14.2. The normalized spacial score (nSPS) is 16.8. The molecule has 0 saturated carbocycles. The van der Waals surface area contributed by atoms with Gasteiger partial charge in [-0.1, -0.05) is 18.2 Å². The van der Waals surface area contributed by atoms with Crippen molar-refractivity contribution < 1.29 is 19.0 Å². The van der Waals surface area contributed by atoms with Crippen LogP contribution in [0.4, 0.5) is 0 Å². The number of ketones is 1. The molecule has 1 heterocycles. The molecule has 0 bridgehead atoms. The first-order valence-corrected chi connectivity index (χ1v) is 8.12. The molecule has 25 heavy (non-hydrogen) atoms. The van der Waals surface area contributed by atoms with Gasteiger partial charge in [-0.05, 0) is 41.5 Å². The monoisotopic (exact) mass is 334 g/mol. The molecule has 1 aliphatic carbocycles. The molecule has 126 valence electrons. The highest BCUT2D eigenvalue weighted by Crippen LogP contribution is 2.37. The van der Waals surface area contributed by atoms with Gasteiger partial charge in [-0.25, -0.2) is 0 Å². The van der Waals surface area contributed by atoms with Crippen molar-refractivity contribution in [2.75, 3.05) is 20.8 Å². The molecule has 1 aliphatic heterocycles. The van der Waals surface area contributed by atoms with Gasteiger partial charge in [0, 0.05) is 23.1 Å². The second-order valence-corrected chi connectivity index (χ2v) is 6.09. The van der Waals surface area contributed by atoms with E-state index in [0.29, 0.717) is 30.1 Å². The Hall–Kier alpha value is -3.01. The van der Waals surface area contributed by atoms with Crippen molar-refractivity contribution in [1.29, 1.82) is 0 Å². The van der Waals surface area contributed by atoms with Crippen molar-refractivity contribution in [3.05, 3.63) is 70.3 Å². The van der Waals surface area contributed by atoms with Crippen LogP contribution in [-0.2, 0) is 6.42 Å². The first-order valence-electron chi connectivity index (χ1n) is 8.12. The summed E-state index contributed by atoms with van der Waals surface area (Å²) in [6, 6.07) is 11.5. The molecule has 0 spiro atoms. The predicted molar refractivity (Wildman–Crippen MR) is 95.6 cm³/mol. The third-order valence-electron chi connectivity index (χ3n) is 4.54. The lowest BCUT2D eigenvalue weighted by Gasteiger charge is -2.16. The van der Waals surface area contributed by atoms with Crippen LogP contribution in [0.3, 0.4) is 0 Å². The summed E-state index contributed by atoms with van der Waals surface area (Å²) in [4.78, 5) is 12.8. The van der Waals surface area contributed by atoms with Gasteiger partial charge in [-0.2, -0.15) is 0 Å². The lowest BCUT2D eigenvalue weighted by atomic mass is 10.0. The van der Waals surface area contributed by atoms with E-state index >= 15 is 0 Å². The van der Waals surface area contributed by atoms with Crippen molar-refractivity contribution in [2.45, 2.75) is 6.42 Å². The lowest BCUT2D eigenvalue weighted by molar-refractivity contribution is 0.103. The summed E-state index contributed by atoms with van der Waals surface area (Å²) < 4.78 is 16.4. The number of ether oxygens (including phenoxy) is 3. The summed E-state index contributed by atoms with van der Waals surface area (Å²) in [5.74, 6) is 2.13.